The number of thiazole rings is 1. The van der Waals surface area contributed by atoms with Crippen LogP contribution in [0.5, 0.6) is 0 Å². The van der Waals surface area contributed by atoms with Crippen molar-refractivity contribution in [2.75, 3.05) is 13.6 Å². The molecule has 0 amide bonds. The van der Waals surface area contributed by atoms with Gasteiger partial charge in [-0.15, -0.1) is 11.3 Å². The van der Waals surface area contributed by atoms with Crippen LogP contribution in [0.25, 0.3) is 10.6 Å². The first kappa shape index (κ1) is 12.5. The predicted octanol–water partition coefficient (Wildman–Crippen LogP) is 3.00. The second-order valence-corrected chi connectivity index (χ2v) is 5.94. The van der Waals surface area contributed by atoms with Crippen molar-refractivity contribution in [3.8, 4) is 10.6 Å². The number of Topliss-reactive ketones (excluding diaryl/α,β-unsaturated/α-hetero) is 1. The minimum atomic E-state index is 0.192. The van der Waals surface area contributed by atoms with Gasteiger partial charge in [-0.05, 0) is 19.0 Å². The highest BCUT2D eigenvalue weighted by Crippen LogP contribution is 2.31. The molecule has 1 aliphatic heterocycles. The first-order valence-electron chi connectivity index (χ1n) is 6.48. The van der Waals surface area contributed by atoms with Gasteiger partial charge in [0.2, 0.25) is 0 Å². The molecule has 0 saturated carbocycles. The third-order valence-corrected chi connectivity index (χ3v) is 4.58. The minimum absolute atomic E-state index is 0.192. The van der Waals surface area contributed by atoms with Crippen LogP contribution >= 0.6 is 11.3 Å². The summed E-state index contributed by atoms with van der Waals surface area (Å²) in [7, 11) is 1.95. The molecule has 4 heteroatoms. The topological polar surface area (TPSA) is 33.2 Å². The third kappa shape index (κ3) is 2.33. The van der Waals surface area contributed by atoms with Gasteiger partial charge in [-0.25, -0.2) is 4.98 Å². The van der Waals surface area contributed by atoms with E-state index in [9.17, 15) is 4.79 Å². The van der Waals surface area contributed by atoms with E-state index in [1.54, 1.807) is 0 Å². The summed E-state index contributed by atoms with van der Waals surface area (Å²) in [5.41, 5.74) is 3.35. The average Bonchev–Trinajstić information content (AvgIpc) is 2.83. The van der Waals surface area contributed by atoms with Crippen molar-refractivity contribution >= 4 is 17.1 Å². The molecule has 2 aromatic rings. The third-order valence-electron chi connectivity index (χ3n) is 3.39. The quantitative estimate of drug-likeness (QED) is 0.842. The molecule has 1 aliphatic rings. The molecule has 0 saturated heterocycles. The predicted molar refractivity (Wildman–Crippen MR) is 77.6 cm³/mol. The standard InChI is InChI=1S/C15H16N2OS/c1-3-10-4-6-11(7-5-10)15-16-12-8-17(2)9-13(18)14(12)19-15/h4-7H,3,8-9H2,1-2H3. The van der Waals surface area contributed by atoms with Gasteiger partial charge in [0.25, 0.3) is 0 Å². The van der Waals surface area contributed by atoms with E-state index in [2.05, 4.69) is 36.2 Å². The van der Waals surface area contributed by atoms with Gasteiger partial charge in [-0.3, -0.25) is 9.69 Å². The van der Waals surface area contributed by atoms with E-state index in [-0.39, 0.29) is 5.78 Å². The van der Waals surface area contributed by atoms with Crippen LogP contribution in [0.15, 0.2) is 24.3 Å². The van der Waals surface area contributed by atoms with Crippen LogP contribution < -0.4 is 0 Å². The summed E-state index contributed by atoms with van der Waals surface area (Å²) < 4.78 is 0. The molecule has 0 spiro atoms. The minimum Gasteiger partial charge on any atom is -0.293 e. The molecule has 1 aromatic heterocycles. The van der Waals surface area contributed by atoms with Gasteiger partial charge in [0.1, 0.15) is 5.01 Å². The SMILES string of the molecule is CCc1ccc(-c2nc3c(s2)C(=O)CN(C)C3)cc1. The summed E-state index contributed by atoms with van der Waals surface area (Å²) >= 11 is 1.52. The van der Waals surface area contributed by atoms with Crippen molar-refractivity contribution in [2.45, 2.75) is 19.9 Å². The number of benzene rings is 1. The van der Waals surface area contributed by atoms with Crippen LogP contribution in [0.3, 0.4) is 0 Å². The molecule has 3 rings (SSSR count). The summed E-state index contributed by atoms with van der Waals surface area (Å²) in [6, 6.07) is 8.45. The fourth-order valence-corrected chi connectivity index (χ4v) is 3.32. The second-order valence-electron chi connectivity index (χ2n) is 4.94. The normalized spacial score (nSPS) is 15.6. The van der Waals surface area contributed by atoms with E-state index in [0.29, 0.717) is 6.54 Å². The largest absolute Gasteiger partial charge is 0.293 e. The Bertz CT molecular complexity index is 616. The Morgan fingerprint density at radius 1 is 1.26 bits per heavy atom. The lowest BCUT2D eigenvalue weighted by Gasteiger charge is -2.19. The number of aryl methyl sites for hydroxylation is 1. The van der Waals surface area contributed by atoms with E-state index >= 15 is 0 Å². The van der Waals surface area contributed by atoms with Crippen molar-refractivity contribution in [1.82, 2.24) is 9.88 Å². The first-order chi connectivity index (χ1) is 9.17. The Morgan fingerprint density at radius 3 is 2.68 bits per heavy atom. The van der Waals surface area contributed by atoms with Crippen molar-refractivity contribution < 1.29 is 4.79 Å². The highest BCUT2D eigenvalue weighted by molar-refractivity contribution is 7.17. The number of aromatic nitrogens is 1. The highest BCUT2D eigenvalue weighted by atomic mass is 32.1. The summed E-state index contributed by atoms with van der Waals surface area (Å²) in [6.07, 6.45) is 1.04. The number of carbonyl (C=O) groups is 1. The van der Waals surface area contributed by atoms with E-state index in [1.165, 1.54) is 16.9 Å². The lowest BCUT2D eigenvalue weighted by Crippen LogP contribution is -2.31. The smallest absolute Gasteiger partial charge is 0.188 e. The zero-order valence-corrected chi connectivity index (χ0v) is 12.0. The maximum absolute atomic E-state index is 12.0. The molecule has 0 N–H and O–H groups in total. The lowest BCUT2D eigenvalue weighted by atomic mass is 10.1. The molecule has 0 bridgehead atoms. The maximum Gasteiger partial charge on any atom is 0.188 e. The number of likely N-dealkylation sites (N-methyl/N-ethyl adjacent to an activating group) is 1. The number of hydrogen-bond acceptors (Lipinski definition) is 4. The zero-order valence-electron chi connectivity index (χ0n) is 11.1. The monoisotopic (exact) mass is 272 g/mol. The summed E-state index contributed by atoms with van der Waals surface area (Å²) in [4.78, 5) is 19.5. The Kier molecular flexibility index (Phi) is 3.21. The molecule has 3 nitrogen and oxygen atoms in total. The summed E-state index contributed by atoms with van der Waals surface area (Å²) in [6.45, 7) is 3.42. The fraction of sp³-hybridized carbons (Fsp3) is 0.333. The number of hydrogen-bond donors (Lipinski definition) is 0. The van der Waals surface area contributed by atoms with Crippen molar-refractivity contribution in [1.29, 1.82) is 0 Å². The van der Waals surface area contributed by atoms with E-state index in [1.807, 2.05) is 11.9 Å². The van der Waals surface area contributed by atoms with Crippen LogP contribution in [0, 0.1) is 0 Å². The van der Waals surface area contributed by atoms with E-state index in [0.717, 1.165) is 34.1 Å². The Hall–Kier alpha value is -1.52. The second kappa shape index (κ2) is 4.87. The molecule has 1 aromatic carbocycles. The molecular formula is C15H16N2OS. The van der Waals surface area contributed by atoms with Gasteiger partial charge in [-0.1, -0.05) is 31.2 Å². The molecule has 0 unspecified atom stereocenters. The Labute approximate surface area is 116 Å². The molecule has 0 fully saturated rings. The zero-order chi connectivity index (χ0) is 13.4. The molecule has 19 heavy (non-hydrogen) atoms. The Balaban J connectivity index is 1.98. The number of fused-ring (bicyclic) bond motifs is 1. The number of carbonyl (C=O) groups excluding carboxylic acids is 1. The molecule has 0 radical (unpaired) electrons. The lowest BCUT2D eigenvalue weighted by molar-refractivity contribution is 0.0926. The first-order valence-corrected chi connectivity index (χ1v) is 7.29. The molecule has 0 aliphatic carbocycles. The van der Waals surface area contributed by atoms with E-state index < -0.39 is 0 Å². The molecule has 0 atom stereocenters. The van der Waals surface area contributed by atoms with Gasteiger partial charge in [0.15, 0.2) is 5.78 Å². The number of rotatable bonds is 2. The Morgan fingerprint density at radius 2 is 2.00 bits per heavy atom. The van der Waals surface area contributed by atoms with Gasteiger partial charge in [0, 0.05) is 12.1 Å². The van der Waals surface area contributed by atoms with Gasteiger partial charge < -0.3 is 0 Å². The van der Waals surface area contributed by atoms with Crippen LogP contribution in [0.4, 0.5) is 0 Å². The van der Waals surface area contributed by atoms with Gasteiger partial charge >= 0.3 is 0 Å². The summed E-state index contributed by atoms with van der Waals surface area (Å²) in [5, 5.41) is 0.955. The van der Waals surface area contributed by atoms with Crippen molar-refractivity contribution in [3.05, 3.63) is 40.4 Å². The van der Waals surface area contributed by atoms with Crippen LogP contribution in [-0.4, -0.2) is 29.3 Å². The molecule has 98 valence electrons. The maximum atomic E-state index is 12.0. The number of ketones is 1. The van der Waals surface area contributed by atoms with Crippen molar-refractivity contribution in [2.24, 2.45) is 0 Å². The molecule has 2 heterocycles. The van der Waals surface area contributed by atoms with Crippen LogP contribution in [0.1, 0.15) is 27.9 Å². The number of nitrogens with zero attached hydrogens (tertiary/aromatic N) is 2. The van der Waals surface area contributed by atoms with Gasteiger partial charge in [-0.2, -0.15) is 0 Å². The van der Waals surface area contributed by atoms with Gasteiger partial charge in [0.05, 0.1) is 17.1 Å². The summed E-state index contributed by atoms with van der Waals surface area (Å²) in [5.74, 6) is 0.192. The molecular weight excluding hydrogens is 256 g/mol. The van der Waals surface area contributed by atoms with Crippen molar-refractivity contribution in [3.63, 3.8) is 0 Å². The fourth-order valence-electron chi connectivity index (χ4n) is 2.31. The average molecular weight is 272 g/mol. The van der Waals surface area contributed by atoms with E-state index in [4.69, 9.17) is 0 Å². The van der Waals surface area contributed by atoms with Crippen LogP contribution in [0.2, 0.25) is 0 Å². The van der Waals surface area contributed by atoms with Crippen LogP contribution in [-0.2, 0) is 13.0 Å². The highest BCUT2D eigenvalue weighted by Gasteiger charge is 2.25.